The standard InChI is InChI=1S/C14H15ClS/c1-3-11-4-6-12(7-5-11)13(15)14-10(2)8-9-16-14/h4-9,13H,3H2,1-2H3. The first kappa shape index (κ1) is 11.7. The Balaban J connectivity index is 2.27. The topological polar surface area (TPSA) is 0 Å². The quantitative estimate of drug-likeness (QED) is 0.677. The summed E-state index contributed by atoms with van der Waals surface area (Å²) in [5.74, 6) is 0. The van der Waals surface area contributed by atoms with Crippen molar-refractivity contribution >= 4 is 22.9 Å². The number of hydrogen-bond acceptors (Lipinski definition) is 1. The van der Waals surface area contributed by atoms with Crippen LogP contribution in [0.25, 0.3) is 0 Å². The maximum atomic E-state index is 6.48. The molecule has 0 amide bonds. The van der Waals surface area contributed by atoms with Gasteiger partial charge in [0.1, 0.15) is 0 Å². The Morgan fingerprint density at radius 1 is 1.19 bits per heavy atom. The van der Waals surface area contributed by atoms with E-state index in [4.69, 9.17) is 11.6 Å². The Labute approximate surface area is 106 Å². The molecule has 2 heteroatoms. The molecular weight excluding hydrogens is 236 g/mol. The van der Waals surface area contributed by atoms with E-state index in [2.05, 4.69) is 49.6 Å². The van der Waals surface area contributed by atoms with E-state index in [-0.39, 0.29) is 5.38 Å². The molecule has 1 heterocycles. The lowest BCUT2D eigenvalue weighted by molar-refractivity contribution is 1.11. The van der Waals surface area contributed by atoms with Gasteiger partial charge in [-0.3, -0.25) is 0 Å². The average Bonchev–Trinajstić information content (AvgIpc) is 2.75. The Kier molecular flexibility index (Phi) is 3.67. The summed E-state index contributed by atoms with van der Waals surface area (Å²) in [5.41, 5.74) is 3.82. The largest absolute Gasteiger partial charge is 0.147 e. The minimum Gasteiger partial charge on any atom is -0.147 e. The number of aryl methyl sites for hydroxylation is 2. The molecule has 0 aliphatic rings. The number of rotatable bonds is 3. The molecule has 16 heavy (non-hydrogen) atoms. The summed E-state index contributed by atoms with van der Waals surface area (Å²) in [5, 5.41) is 2.09. The predicted molar refractivity (Wildman–Crippen MR) is 72.6 cm³/mol. The first-order chi connectivity index (χ1) is 7.72. The molecule has 1 unspecified atom stereocenters. The zero-order chi connectivity index (χ0) is 11.5. The van der Waals surface area contributed by atoms with Gasteiger partial charge in [0.05, 0.1) is 5.38 Å². The highest BCUT2D eigenvalue weighted by molar-refractivity contribution is 7.10. The summed E-state index contributed by atoms with van der Waals surface area (Å²) in [7, 11) is 0. The van der Waals surface area contributed by atoms with Crippen molar-refractivity contribution in [3.63, 3.8) is 0 Å². The lowest BCUT2D eigenvalue weighted by Crippen LogP contribution is -1.92. The van der Waals surface area contributed by atoms with Crippen LogP contribution in [0.3, 0.4) is 0 Å². The second-order valence-corrected chi connectivity index (χ2v) is 5.31. The first-order valence-electron chi connectivity index (χ1n) is 5.49. The highest BCUT2D eigenvalue weighted by Crippen LogP contribution is 2.34. The summed E-state index contributed by atoms with van der Waals surface area (Å²) in [6.07, 6.45) is 1.07. The van der Waals surface area contributed by atoms with Crippen LogP contribution < -0.4 is 0 Å². The lowest BCUT2D eigenvalue weighted by atomic mass is 10.1. The molecular formula is C14H15ClS. The van der Waals surface area contributed by atoms with Crippen molar-refractivity contribution in [2.75, 3.05) is 0 Å². The fourth-order valence-corrected chi connectivity index (χ4v) is 3.12. The van der Waals surface area contributed by atoms with Crippen molar-refractivity contribution in [2.24, 2.45) is 0 Å². The number of thiophene rings is 1. The Hall–Kier alpha value is -0.790. The van der Waals surface area contributed by atoms with E-state index in [1.807, 2.05) is 0 Å². The van der Waals surface area contributed by atoms with Crippen LogP contribution >= 0.6 is 22.9 Å². The molecule has 2 aromatic rings. The number of hydrogen-bond donors (Lipinski definition) is 0. The monoisotopic (exact) mass is 250 g/mol. The second kappa shape index (κ2) is 5.03. The Morgan fingerprint density at radius 3 is 2.38 bits per heavy atom. The van der Waals surface area contributed by atoms with Crippen molar-refractivity contribution < 1.29 is 0 Å². The van der Waals surface area contributed by atoms with Crippen molar-refractivity contribution in [1.82, 2.24) is 0 Å². The van der Waals surface area contributed by atoms with Gasteiger partial charge in [-0.15, -0.1) is 22.9 Å². The third-order valence-corrected chi connectivity index (χ3v) is 4.50. The number of alkyl halides is 1. The molecule has 0 saturated carbocycles. The van der Waals surface area contributed by atoms with Crippen LogP contribution in [-0.4, -0.2) is 0 Å². The maximum Gasteiger partial charge on any atom is 0.0930 e. The van der Waals surface area contributed by atoms with E-state index < -0.39 is 0 Å². The molecule has 0 saturated heterocycles. The van der Waals surface area contributed by atoms with Crippen LogP contribution in [0.15, 0.2) is 35.7 Å². The van der Waals surface area contributed by atoms with Crippen molar-refractivity contribution in [3.05, 3.63) is 57.3 Å². The smallest absolute Gasteiger partial charge is 0.0930 e. The van der Waals surface area contributed by atoms with Crippen LogP contribution in [0.5, 0.6) is 0 Å². The molecule has 2 rings (SSSR count). The molecule has 0 aliphatic heterocycles. The third kappa shape index (κ3) is 2.31. The summed E-state index contributed by atoms with van der Waals surface area (Å²) in [6.45, 7) is 4.28. The van der Waals surface area contributed by atoms with Crippen molar-refractivity contribution in [1.29, 1.82) is 0 Å². The molecule has 1 aromatic carbocycles. The van der Waals surface area contributed by atoms with Gasteiger partial charge in [0, 0.05) is 4.88 Å². The molecule has 1 atom stereocenters. The predicted octanol–water partition coefficient (Wildman–Crippen LogP) is 4.95. The SMILES string of the molecule is CCc1ccc(C(Cl)c2sccc2C)cc1. The van der Waals surface area contributed by atoms with E-state index in [9.17, 15) is 0 Å². The van der Waals surface area contributed by atoms with Gasteiger partial charge in [0.15, 0.2) is 0 Å². The molecule has 0 aliphatic carbocycles. The van der Waals surface area contributed by atoms with E-state index in [0.717, 1.165) is 6.42 Å². The Morgan fingerprint density at radius 2 is 1.88 bits per heavy atom. The van der Waals surface area contributed by atoms with Crippen LogP contribution in [0.2, 0.25) is 0 Å². The van der Waals surface area contributed by atoms with Crippen LogP contribution in [0.4, 0.5) is 0 Å². The first-order valence-corrected chi connectivity index (χ1v) is 6.81. The normalized spacial score (nSPS) is 12.7. The maximum absolute atomic E-state index is 6.48. The van der Waals surface area contributed by atoms with Gasteiger partial charge in [-0.2, -0.15) is 0 Å². The number of halogens is 1. The summed E-state index contributed by atoms with van der Waals surface area (Å²) in [4.78, 5) is 1.26. The highest BCUT2D eigenvalue weighted by Gasteiger charge is 2.13. The molecule has 0 spiro atoms. The summed E-state index contributed by atoms with van der Waals surface area (Å²) >= 11 is 8.21. The van der Waals surface area contributed by atoms with E-state index in [1.54, 1.807) is 11.3 Å². The van der Waals surface area contributed by atoms with Crippen LogP contribution in [0, 0.1) is 6.92 Å². The van der Waals surface area contributed by atoms with E-state index in [1.165, 1.54) is 21.6 Å². The van der Waals surface area contributed by atoms with Gasteiger partial charge >= 0.3 is 0 Å². The van der Waals surface area contributed by atoms with Gasteiger partial charge in [0.25, 0.3) is 0 Å². The lowest BCUT2D eigenvalue weighted by Gasteiger charge is -2.10. The highest BCUT2D eigenvalue weighted by atomic mass is 35.5. The molecule has 0 radical (unpaired) electrons. The summed E-state index contributed by atoms with van der Waals surface area (Å²) < 4.78 is 0. The fraction of sp³-hybridized carbons (Fsp3) is 0.286. The third-order valence-electron chi connectivity index (χ3n) is 2.81. The minimum absolute atomic E-state index is 0.00842. The van der Waals surface area contributed by atoms with Gasteiger partial charge in [0.2, 0.25) is 0 Å². The Bertz CT molecular complexity index is 456. The molecule has 0 nitrogen and oxygen atoms in total. The van der Waals surface area contributed by atoms with Crippen molar-refractivity contribution in [2.45, 2.75) is 25.6 Å². The van der Waals surface area contributed by atoms with Crippen molar-refractivity contribution in [3.8, 4) is 0 Å². The minimum atomic E-state index is -0.00842. The molecule has 0 fully saturated rings. The van der Waals surface area contributed by atoms with Gasteiger partial charge in [-0.25, -0.2) is 0 Å². The molecule has 1 aromatic heterocycles. The molecule has 0 N–H and O–H groups in total. The molecule has 84 valence electrons. The van der Waals surface area contributed by atoms with Gasteiger partial charge < -0.3 is 0 Å². The van der Waals surface area contributed by atoms with E-state index in [0.29, 0.717) is 0 Å². The molecule has 0 bridgehead atoms. The number of benzene rings is 1. The van der Waals surface area contributed by atoms with Crippen LogP contribution in [-0.2, 0) is 6.42 Å². The zero-order valence-corrected chi connectivity index (χ0v) is 11.1. The van der Waals surface area contributed by atoms with Gasteiger partial charge in [-0.05, 0) is 41.5 Å². The van der Waals surface area contributed by atoms with Crippen LogP contribution in [0.1, 0.15) is 33.9 Å². The second-order valence-electron chi connectivity index (χ2n) is 3.93. The van der Waals surface area contributed by atoms with E-state index >= 15 is 0 Å². The summed E-state index contributed by atoms with van der Waals surface area (Å²) in [6, 6.07) is 10.7. The average molecular weight is 251 g/mol. The van der Waals surface area contributed by atoms with Gasteiger partial charge in [-0.1, -0.05) is 31.2 Å². The zero-order valence-electron chi connectivity index (χ0n) is 9.53. The fourth-order valence-electron chi connectivity index (χ4n) is 1.72.